The average Bonchev–Trinajstić information content (AvgIpc) is 3.15. The second-order valence-corrected chi connectivity index (χ2v) is 8.18. The van der Waals surface area contributed by atoms with Crippen molar-refractivity contribution in [2.45, 2.75) is 6.42 Å². The molecule has 0 aromatic heterocycles. The summed E-state index contributed by atoms with van der Waals surface area (Å²) in [6.45, 7) is 0. The van der Waals surface area contributed by atoms with Crippen molar-refractivity contribution in [1.29, 1.82) is 0 Å². The van der Waals surface area contributed by atoms with Gasteiger partial charge in [0.2, 0.25) is 0 Å². The van der Waals surface area contributed by atoms with Gasteiger partial charge in [-0.3, -0.25) is 6.08 Å². The van der Waals surface area contributed by atoms with Crippen molar-refractivity contribution < 1.29 is 20.8 Å². The Balaban J connectivity index is 0.000000171. The first-order chi connectivity index (χ1) is 11.9. The molecule has 0 radical (unpaired) electrons. The number of halogens is 2. The van der Waals surface area contributed by atoms with Gasteiger partial charge in [0, 0.05) is 0 Å². The van der Waals surface area contributed by atoms with Gasteiger partial charge in [-0.2, -0.15) is 78.4 Å². The number of rotatable bonds is 0. The van der Waals surface area contributed by atoms with Crippen molar-refractivity contribution in [2.24, 2.45) is 0 Å². The minimum absolute atomic E-state index is 0.826. The van der Waals surface area contributed by atoms with E-state index < -0.39 is 20.8 Å². The summed E-state index contributed by atoms with van der Waals surface area (Å²) in [5.74, 6) is 0. The summed E-state index contributed by atoms with van der Waals surface area (Å²) in [6, 6.07) is 33.4. The van der Waals surface area contributed by atoms with Crippen LogP contribution in [-0.2, 0) is 27.3 Å². The van der Waals surface area contributed by atoms with E-state index in [1.807, 2.05) is 60.7 Å². The minimum atomic E-state index is -0.826. The molecule has 3 aromatic rings. The van der Waals surface area contributed by atoms with E-state index in [4.69, 9.17) is 17.0 Å². The number of benzene rings is 3. The van der Waals surface area contributed by atoms with Crippen LogP contribution >= 0.6 is 17.0 Å². The summed E-state index contributed by atoms with van der Waals surface area (Å²) in [5, 5.41) is 0. The van der Waals surface area contributed by atoms with Gasteiger partial charge in [-0.05, 0) is 0 Å². The molecular weight excluding hydrogens is 414 g/mol. The molecule has 1 aliphatic rings. The van der Waals surface area contributed by atoms with Crippen LogP contribution in [0.15, 0.2) is 84.9 Å². The molecule has 4 rings (SSSR count). The van der Waals surface area contributed by atoms with E-state index in [1.165, 1.54) is 11.1 Å². The smallest absolute Gasteiger partial charge is 0.171 e. The number of hydrogen-bond donors (Lipinski definition) is 0. The molecule has 0 N–H and O–H groups in total. The standard InChI is InChI=1S/C9H7.2C6H5.2ClH.Zr/c1-2-5-9-7-3-6-8(9)4-1;2*1-2-4-6-5-3-1;;;/h1-2,4-6H,7H2;2*1-5H;2*1H;/q3*-1;;;+2/p-2. The Morgan fingerprint density at radius 3 is 1.58 bits per heavy atom. The number of hydrogen-bond acceptors (Lipinski definition) is 0. The summed E-state index contributed by atoms with van der Waals surface area (Å²) in [6.07, 6.45) is 6.21. The van der Waals surface area contributed by atoms with Gasteiger partial charge in [0.15, 0.2) is 0 Å². The molecular formula is C21H17Cl2Zr-3. The summed E-state index contributed by atoms with van der Waals surface area (Å²) in [7, 11) is 9.87. The first-order valence-electron chi connectivity index (χ1n) is 7.31. The third-order valence-corrected chi connectivity index (χ3v) is 2.82. The Hall–Kier alpha value is -1.14. The fraction of sp³-hybridized carbons (Fsp3) is 0.0476. The van der Waals surface area contributed by atoms with E-state index in [2.05, 4.69) is 48.6 Å². The van der Waals surface area contributed by atoms with Crippen LogP contribution in [0.1, 0.15) is 11.1 Å². The zero-order valence-electron chi connectivity index (χ0n) is 13.1. The molecule has 0 saturated carbocycles. The van der Waals surface area contributed by atoms with Crippen LogP contribution < -0.4 is 0 Å². The number of allylic oxidation sites excluding steroid dienone is 1. The average molecular weight is 431 g/mol. The monoisotopic (exact) mass is 429 g/mol. The van der Waals surface area contributed by atoms with E-state index >= 15 is 0 Å². The van der Waals surface area contributed by atoms with Gasteiger partial charge in [0.25, 0.3) is 0 Å². The SMILES string of the molecule is [C-]1=Cc2ccccc2C1.[Cl][Zr][Cl].[c-]1ccccc1.[c-]1ccccc1. The molecule has 0 heterocycles. The molecule has 3 aromatic carbocycles. The van der Waals surface area contributed by atoms with Crippen molar-refractivity contribution in [3.8, 4) is 0 Å². The zero-order valence-corrected chi connectivity index (χ0v) is 17.1. The fourth-order valence-electron chi connectivity index (χ4n) is 1.79. The Morgan fingerprint density at radius 2 is 1.21 bits per heavy atom. The van der Waals surface area contributed by atoms with Gasteiger partial charge in [-0.25, -0.2) is 6.08 Å². The molecule has 1 aliphatic carbocycles. The third-order valence-electron chi connectivity index (χ3n) is 2.82. The zero-order chi connectivity index (χ0) is 17.3. The molecule has 3 heteroatoms. The summed E-state index contributed by atoms with van der Waals surface area (Å²) >= 11 is -0.826. The summed E-state index contributed by atoms with van der Waals surface area (Å²) in [4.78, 5) is 0. The van der Waals surface area contributed by atoms with Crippen LogP contribution in [0.2, 0.25) is 0 Å². The largest absolute Gasteiger partial charge is 0.184 e. The molecule has 0 fully saturated rings. The van der Waals surface area contributed by atoms with Crippen molar-refractivity contribution in [1.82, 2.24) is 0 Å². The van der Waals surface area contributed by atoms with Crippen LogP contribution in [0.3, 0.4) is 0 Å². The molecule has 0 amide bonds. The number of fused-ring (bicyclic) bond motifs is 1. The fourth-order valence-corrected chi connectivity index (χ4v) is 1.79. The van der Waals surface area contributed by atoms with Crippen molar-refractivity contribution in [3.05, 3.63) is 114 Å². The third kappa shape index (κ3) is 10.6. The Bertz CT molecular complexity index is 570. The Morgan fingerprint density at radius 1 is 0.708 bits per heavy atom. The van der Waals surface area contributed by atoms with E-state index in [0.29, 0.717) is 0 Å². The van der Waals surface area contributed by atoms with Crippen molar-refractivity contribution in [2.75, 3.05) is 0 Å². The van der Waals surface area contributed by atoms with Gasteiger partial charge in [0.1, 0.15) is 0 Å². The molecule has 122 valence electrons. The molecule has 0 atom stereocenters. The van der Waals surface area contributed by atoms with Crippen molar-refractivity contribution in [3.63, 3.8) is 0 Å². The van der Waals surface area contributed by atoms with Gasteiger partial charge in [0.05, 0.1) is 0 Å². The molecule has 0 nitrogen and oxygen atoms in total. The van der Waals surface area contributed by atoms with E-state index in [1.54, 1.807) is 0 Å². The maximum Gasteiger partial charge on any atom is -0.171 e. The van der Waals surface area contributed by atoms with Crippen LogP contribution in [0.25, 0.3) is 6.08 Å². The van der Waals surface area contributed by atoms with Crippen LogP contribution in [0.4, 0.5) is 0 Å². The molecule has 0 saturated heterocycles. The van der Waals surface area contributed by atoms with Crippen LogP contribution in [0.5, 0.6) is 0 Å². The van der Waals surface area contributed by atoms with Gasteiger partial charge < -0.3 is 0 Å². The minimum Gasteiger partial charge on any atom is -0.184 e. The first-order valence-corrected chi connectivity index (χ1v) is 13.6. The second kappa shape index (κ2) is 15.4. The molecule has 0 unspecified atom stereocenters. The van der Waals surface area contributed by atoms with E-state index in [9.17, 15) is 0 Å². The maximum atomic E-state index is 4.93. The topological polar surface area (TPSA) is 0 Å². The molecule has 24 heavy (non-hydrogen) atoms. The second-order valence-electron chi connectivity index (χ2n) is 4.45. The van der Waals surface area contributed by atoms with Gasteiger partial charge >= 0.3 is 37.9 Å². The summed E-state index contributed by atoms with van der Waals surface area (Å²) < 4.78 is 0. The van der Waals surface area contributed by atoms with Gasteiger partial charge in [-0.1, -0.05) is 18.2 Å². The van der Waals surface area contributed by atoms with Crippen LogP contribution in [-0.4, -0.2) is 0 Å². The first kappa shape index (κ1) is 20.9. The van der Waals surface area contributed by atoms with Crippen molar-refractivity contribution >= 4 is 23.1 Å². The maximum absolute atomic E-state index is 4.93. The van der Waals surface area contributed by atoms with Gasteiger partial charge in [-0.15, -0.1) is 18.1 Å². The molecule has 0 aliphatic heterocycles. The molecule has 0 bridgehead atoms. The van der Waals surface area contributed by atoms with E-state index in [-0.39, 0.29) is 0 Å². The predicted octanol–water partition coefficient (Wildman–Crippen LogP) is 6.41. The summed E-state index contributed by atoms with van der Waals surface area (Å²) in [5.41, 5.74) is 2.73. The molecule has 0 spiro atoms. The quantitative estimate of drug-likeness (QED) is 0.361. The Labute approximate surface area is 163 Å². The van der Waals surface area contributed by atoms with E-state index in [0.717, 1.165) is 6.42 Å². The predicted molar refractivity (Wildman–Crippen MR) is 100 cm³/mol. The van der Waals surface area contributed by atoms with Crippen LogP contribution in [0, 0.1) is 18.2 Å². The normalized spacial score (nSPS) is 9.75. The Kier molecular flexibility index (Phi) is 13.4.